The van der Waals surface area contributed by atoms with E-state index in [0.29, 0.717) is 0 Å². The van der Waals surface area contributed by atoms with Crippen LogP contribution in [0, 0.1) is 5.92 Å². The number of nitrogens with zero attached hydrogens (tertiary/aromatic N) is 3. The van der Waals surface area contributed by atoms with Gasteiger partial charge in [0.2, 0.25) is 0 Å². The second-order valence-corrected chi connectivity index (χ2v) is 7.14. The summed E-state index contributed by atoms with van der Waals surface area (Å²) in [6.07, 6.45) is 6.86. The molecule has 0 saturated carbocycles. The lowest BCUT2D eigenvalue weighted by Gasteiger charge is -2.30. The van der Waals surface area contributed by atoms with Crippen LogP contribution in [0.15, 0.2) is 4.99 Å². The van der Waals surface area contributed by atoms with Crippen LogP contribution < -0.4 is 10.6 Å². The van der Waals surface area contributed by atoms with Gasteiger partial charge in [0, 0.05) is 32.7 Å². The number of likely N-dealkylation sites (tertiary alicyclic amines) is 2. The fraction of sp³-hybridized carbons (Fsp3) is 0.944. The Labute approximate surface area is 166 Å². The highest BCUT2D eigenvalue weighted by molar-refractivity contribution is 14.0. The Bertz CT molecular complexity index is 344. The van der Waals surface area contributed by atoms with E-state index in [0.717, 1.165) is 44.6 Å². The van der Waals surface area contributed by atoms with E-state index in [9.17, 15) is 0 Å². The van der Waals surface area contributed by atoms with Crippen LogP contribution in [0.1, 0.15) is 46.0 Å². The van der Waals surface area contributed by atoms with E-state index in [4.69, 9.17) is 4.99 Å². The van der Waals surface area contributed by atoms with Gasteiger partial charge in [0.25, 0.3) is 0 Å². The van der Waals surface area contributed by atoms with Crippen LogP contribution in [0.5, 0.6) is 0 Å². The maximum Gasteiger partial charge on any atom is 0.191 e. The molecule has 0 aliphatic carbocycles. The summed E-state index contributed by atoms with van der Waals surface area (Å²) < 4.78 is 0. The van der Waals surface area contributed by atoms with Crippen LogP contribution in [0.4, 0.5) is 0 Å². The maximum absolute atomic E-state index is 4.74. The quantitative estimate of drug-likeness (QED) is 0.355. The molecule has 2 saturated heterocycles. The van der Waals surface area contributed by atoms with E-state index in [1.807, 2.05) is 0 Å². The number of piperidine rings is 2. The van der Waals surface area contributed by atoms with Gasteiger partial charge in [0.1, 0.15) is 0 Å². The molecule has 2 aliphatic rings. The maximum atomic E-state index is 4.74. The molecular weight excluding hydrogens is 413 g/mol. The Morgan fingerprint density at radius 3 is 2.46 bits per heavy atom. The van der Waals surface area contributed by atoms with Gasteiger partial charge in [-0.1, -0.05) is 13.3 Å². The zero-order chi connectivity index (χ0) is 16.3. The minimum Gasteiger partial charge on any atom is -0.357 e. The van der Waals surface area contributed by atoms with E-state index in [2.05, 4.69) is 34.3 Å². The van der Waals surface area contributed by atoms with Gasteiger partial charge in [-0.25, -0.2) is 0 Å². The van der Waals surface area contributed by atoms with Crippen molar-refractivity contribution >= 4 is 29.9 Å². The van der Waals surface area contributed by atoms with Crippen LogP contribution in [-0.4, -0.2) is 74.7 Å². The monoisotopic (exact) mass is 451 g/mol. The van der Waals surface area contributed by atoms with Crippen LogP contribution >= 0.6 is 24.0 Å². The van der Waals surface area contributed by atoms with Crippen molar-refractivity contribution in [2.45, 2.75) is 46.0 Å². The molecule has 0 radical (unpaired) electrons. The van der Waals surface area contributed by atoms with Gasteiger partial charge in [-0.3, -0.25) is 4.99 Å². The minimum atomic E-state index is 0. The molecule has 0 amide bonds. The van der Waals surface area contributed by atoms with Crippen molar-refractivity contribution in [3.05, 3.63) is 0 Å². The smallest absolute Gasteiger partial charge is 0.191 e. The number of aliphatic imine (C=N–C) groups is 1. The predicted molar refractivity (Wildman–Crippen MR) is 115 cm³/mol. The van der Waals surface area contributed by atoms with E-state index < -0.39 is 0 Å². The first-order chi connectivity index (χ1) is 11.3. The van der Waals surface area contributed by atoms with Crippen molar-refractivity contribution in [3.63, 3.8) is 0 Å². The summed E-state index contributed by atoms with van der Waals surface area (Å²) in [5.74, 6) is 1.84. The molecule has 2 heterocycles. The van der Waals surface area contributed by atoms with Crippen molar-refractivity contribution in [2.75, 3.05) is 58.9 Å². The molecule has 2 fully saturated rings. The molecule has 0 aromatic carbocycles. The first-order valence-corrected chi connectivity index (χ1v) is 9.75. The summed E-state index contributed by atoms with van der Waals surface area (Å²) in [4.78, 5) is 9.87. The van der Waals surface area contributed by atoms with Crippen molar-refractivity contribution in [3.8, 4) is 0 Å². The molecule has 0 spiro atoms. The summed E-state index contributed by atoms with van der Waals surface area (Å²) in [5.41, 5.74) is 0. The summed E-state index contributed by atoms with van der Waals surface area (Å²) in [6.45, 7) is 14.6. The van der Waals surface area contributed by atoms with E-state index in [1.54, 1.807) is 0 Å². The third kappa shape index (κ3) is 8.85. The molecule has 142 valence electrons. The Balaban J connectivity index is 0.00000288. The summed E-state index contributed by atoms with van der Waals surface area (Å²) >= 11 is 0. The third-order valence-corrected chi connectivity index (χ3v) is 4.94. The molecule has 2 rings (SSSR count). The van der Waals surface area contributed by atoms with Gasteiger partial charge in [-0.2, -0.15) is 0 Å². The highest BCUT2D eigenvalue weighted by atomic mass is 127. The predicted octanol–water partition coefficient (Wildman–Crippen LogP) is 2.38. The molecule has 6 heteroatoms. The van der Waals surface area contributed by atoms with Gasteiger partial charge >= 0.3 is 0 Å². The van der Waals surface area contributed by atoms with Crippen LogP contribution in [0.2, 0.25) is 0 Å². The topological polar surface area (TPSA) is 42.9 Å². The Kier molecular flexibility index (Phi) is 12.0. The van der Waals surface area contributed by atoms with Crippen molar-refractivity contribution in [2.24, 2.45) is 10.9 Å². The number of guanidine groups is 1. The lowest BCUT2D eigenvalue weighted by atomic mass is 10.0. The highest BCUT2D eigenvalue weighted by Gasteiger charge is 2.15. The SMILES string of the molecule is CCNC(=NCCN1CCCCC1)NCCN1CCCC(C)C1.I. The van der Waals surface area contributed by atoms with Gasteiger partial charge in [0.15, 0.2) is 5.96 Å². The lowest BCUT2D eigenvalue weighted by Crippen LogP contribution is -2.44. The molecule has 1 atom stereocenters. The van der Waals surface area contributed by atoms with Gasteiger partial charge in [0.05, 0.1) is 6.54 Å². The molecule has 24 heavy (non-hydrogen) atoms. The van der Waals surface area contributed by atoms with Crippen molar-refractivity contribution in [1.29, 1.82) is 0 Å². The fourth-order valence-electron chi connectivity index (χ4n) is 3.65. The summed E-state index contributed by atoms with van der Waals surface area (Å²) in [6, 6.07) is 0. The van der Waals surface area contributed by atoms with Gasteiger partial charge < -0.3 is 20.4 Å². The number of hydrogen-bond donors (Lipinski definition) is 2. The average molecular weight is 451 g/mol. The van der Waals surface area contributed by atoms with Crippen LogP contribution in [0.25, 0.3) is 0 Å². The molecule has 0 aromatic heterocycles. The van der Waals surface area contributed by atoms with Gasteiger partial charge in [-0.15, -0.1) is 24.0 Å². The Morgan fingerprint density at radius 1 is 1.00 bits per heavy atom. The molecule has 0 aromatic rings. The van der Waals surface area contributed by atoms with E-state index >= 15 is 0 Å². The molecule has 2 aliphatic heterocycles. The number of nitrogens with one attached hydrogen (secondary N) is 2. The number of hydrogen-bond acceptors (Lipinski definition) is 3. The standard InChI is InChI=1S/C18H37N5.HI/c1-3-19-18(20-9-14-22-11-5-4-6-12-22)21-10-15-23-13-7-8-17(2)16-23;/h17H,3-16H2,1-2H3,(H2,19,20,21);1H. The van der Waals surface area contributed by atoms with Crippen molar-refractivity contribution in [1.82, 2.24) is 20.4 Å². The Hall–Kier alpha value is -0.0800. The molecular formula is C18H38IN5. The zero-order valence-corrected chi connectivity index (χ0v) is 18.1. The summed E-state index contributed by atoms with van der Waals surface area (Å²) in [7, 11) is 0. The second-order valence-electron chi connectivity index (χ2n) is 7.14. The van der Waals surface area contributed by atoms with Crippen molar-refractivity contribution < 1.29 is 0 Å². The van der Waals surface area contributed by atoms with Crippen LogP contribution in [0.3, 0.4) is 0 Å². The minimum absolute atomic E-state index is 0. The molecule has 1 unspecified atom stereocenters. The van der Waals surface area contributed by atoms with E-state index in [1.165, 1.54) is 58.3 Å². The fourth-order valence-corrected chi connectivity index (χ4v) is 3.65. The lowest BCUT2D eigenvalue weighted by molar-refractivity contribution is 0.187. The van der Waals surface area contributed by atoms with Crippen LogP contribution in [-0.2, 0) is 0 Å². The van der Waals surface area contributed by atoms with E-state index in [-0.39, 0.29) is 24.0 Å². The summed E-state index contributed by atoms with van der Waals surface area (Å²) in [5, 5.41) is 6.87. The van der Waals surface area contributed by atoms with Gasteiger partial charge in [-0.05, 0) is 58.2 Å². The first-order valence-electron chi connectivity index (χ1n) is 9.75. The zero-order valence-electron chi connectivity index (χ0n) is 15.7. The highest BCUT2D eigenvalue weighted by Crippen LogP contribution is 2.14. The first kappa shape index (κ1) is 22.0. The number of rotatable bonds is 7. The largest absolute Gasteiger partial charge is 0.357 e. The number of halogens is 1. The average Bonchev–Trinajstić information content (AvgIpc) is 2.56. The molecule has 2 N–H and O–H groups in total. The normalized spacial score (nSPS) is 23.6. The Morgan fingerprint density at radius 2 is 1.75 bits per heavy atom. The molecule has 5 nitrogen and oxygen atoms in total. The molecule has 0 bridgehead atoms. The third-order valence-electron chi connectivity index (χ3n) is 4.94. The second kappa shape index (κ2) is 13.2.